The van der Waals surface area contributed by atoms with Gasteiger partial charge in [0.05, 0.1) is 0 Å². The van der Waals surface area contributed by atoms with E-state index in [-0.39, 0.29) is 0 Å². The fraction of sp³-hybridized carbons (Fsp3) is 1.00. The monoisotopic (exact) mass is 301 g/mol. The molecule has 7 heteroatoms. The molecule has 0 radical (unpaired) electrons. The van der Waals surface area contributed by atoms with Crippen molar-refractivity contribution in [3.8, 4) is 0 Å². The predicted molar refractivity (Wildman–Crippen MR) is 88.9 cm³/mol. The molecule has 1 aliphatic rings. The molecule has 0 spiro atoms. The molecule has 0 aromatic rings. The van der Waals surface area contributed by atoms with Gasteiger partial charge in [0.15, 0.2) is 0 Å². The average Bonchev–Trinajstić information content (AvgIpc) is 2.51. The lowest BCUT2D eigenvalue weighted by atomic mass is 10.3. The third-order valence-electron chi connectivity index (χ3n) is 3.92. The number of rotatable bonds is 12. The van der Waals surface area contributed by atoms with Crippen molar-refractivity contribution in [2.24, 2.45) is 17.2 Å². The molecule has 0 aliphatic carbocycles. The first-order valence-electron chi connectivity index (χ1n) is 8.35. The van der Waals surface area contributed by atoms with E-state index in [4.69, 9.17) is 17.2 Å². The van der Waals surface area contributed by atoms with Gasteiger partial charge in [-0.25, -0.2) is 10.0 Å². The van der Waals surface area contributed by atoms with Crippen LogP contribution >= 0.6 is 0 Å². The molecule has 1 heterocycles. The number of hydrazine groups is 1. The Bertz CT molecular complexity index is 231. The first-order chi connectivity index (χ1) is 10.3. The number of nitrogens with one attached hydrogen (secondary N) is 1. The van der Waals surface area contributed by atoms with E-state index in [0.717, 1.165) is 91.4 Å². The maximum Gasteiger partial charge on any atom is 0.0261 e. The van der Waals surface area contributed by atoms with E-state index in [2.05, 4.69) is 20.2 Å². The summed E-state index contributed by atoms with van der Waals surface area (Å²) in [7, 11) is 0. The third kappa shape index (κ3) is 8.06. The normalized spacial score (nSPS) is 17.7. The Kier molecular flexibility index (Phi) is 11.0. The summed E-state index contributed by atoms with van der Waals surface area (Å²) >= 11 is 0. The topological polar surface area (TPSA) is 99.8 Å². The fourth-order valence-corrected chi connectivity index (χ4v) is 2.65. The van der Waals surface area contributed by atoms with Gasteiger partial charge >= 0.3 is 0 Å². The van der Waals surface area contributed by atoms with Crippen molar-refractivity contribution in [2.45, 2.75) is 12.8 Å². The molecule has 0 amide bonds. The maximum absolute atomic E-state index is 5.67. The summed E-state index contributed by atoms with van der Waals surface area (Å²) < 4.78 is 0. The molecular weight excluding hydrogens is 266 g/mol. The van der Waals surface area contributed by atoms with Crippen LogP contribution in [-0.4, -0.2) is 93.5 Å². The van der Waals surface area contributed by atoms with E-state index < -0.39 is 0 Å². The highest BCUT2D eigenvalue weighted by atomic mass is 15.6. The van der Waals surface area contributed by atoms with E-state index >= 15 is 0 Å². The predicted octanol–water partition coefficient (Wildman–Crippen LogP) is -1.93. The number of hydrogen-bond acceptors (Lipinski definition) is 7. The minimum Gasteiger partial charge on any atom is -0.330 e. The lowest BCUT2D eigenvalue weighted by molar-refractivity contribution is -0.0562. The second-order valence-corrected chi connectivity index (χ2v) is 5.57. The first-order valence-corrected chi connectivity index (χ1v) is 8.35. The highest BCUT2D eigenvalue weighted by Gasteiger charge is 2.20. The summed E-state index contributed by atoms with van der Waals surface area (Å²) in [6, 6.07) is 0. The van der Waals surface area contributed by atoms with Crippen LogP contribution in [0.1, 0.15) is 12.8 Å². The smallest absolute Gasteiger partial charge is 0.0261 e. The van der Waals surface area contributed by atoms with Crippen LogP contribution in [0.25, 0.3) is 0 Å². The zero-order valence-corrected chi connectivity index (χ0v) is 13.5. The van der Waals surface area contributed by atoms with Crippen molar-refractivity contribution in [2.75, 3.05) is 78.5 Å². The van der Waals surface area contributed by atoms with Crippen LogP contribution in [-0.2, 0) is 0 Å². The molecule has 0 unspecified atom stereocenters. The van der Waals surface area contributed by atoms with Crippen LogP contribution in [0.15, 0.2) is 0 Å². The van der Waals surface area contributed by atoms with Gasteiger partial charge in [0, 0.05) is 58.9 Å². The Morgan fingerprint density at radius 1 is 0.810 bits per heavy atom. The van der Waals surface area contributed by atoms with Crippen molar-refractivity contribution < 1.29 is 0 Å². The molecule has 126 valence electrons. The zero-order valence-electron chi connectivity index (χ0n) is 13.5. The summed E-state index contributed by atoms with van der Waals surface area (Å²) in [6.45, 7) is 11.8. The van der Waals surface area contributed by atoms with Crippen LogP contribution in [0.4, 0.5) is 0 Å². The van der Waals surface area contributed by atoms with E-state index in [1.165, 1.54) is 0 Å². The van der Waals surface area contributed by atoms with E-state index in [1.54, 1.807) is 0 Å². The lowest BCUT2D eigenvalue weighted by Gasteiger charge is -2.41. The molecule has 0 aromatic carbocycles. The maximum atomic E-state index is 5.67. The summed E-state index contributed by atoms with van der Waals surface area (Å²) in [6.07, 6.45) is 2.09. The number of piperazine rings is 1. The van der Waals surface area contributed by atoms with Crippen molar-refractivity contribution in [3.05, 3.63) is 0 Å². The van der Waals surface area contributed by atoms with Crippen LogP contribution in [0, 0.1) is 0 Å². The molecule has 7 nitrogen and oxygen atoms in total. The third-order valence-corrected chi connectivity index (χ3v) is 3.92. The van der Waals surface area contributed by atoms with Crippen LogP contribution in [0.2, 0.25) is 0 Å². The van der Waals surface area contributed by atoms with Crippen molar-refractivity contribution >= 4 is 0 Å². The molecule has 1 rings (SSSR count). The van der Waals surface area contributed by atoms with Gasteiger partial charge in [-0.1, -0.05) is 0 Å². The van der Waals surface area contributed by atoms with E-state index in [0.29, 0.717) is 0 Å². The van der Waals surface area contributed by atoms with Gasteiger partial charge in [0.2, 0.25) is 0 Å². The molecule has 21 heavy (non-hydrogen) atoms. The molecule has 0 atom stereocenters. The summed E-state index contributed by atoms with van der Waals surface area (Å²) in [5, 5.41) is 8.39. The van der Waals surface area contributed by atoms with Gasteiger partial charge < -0.3 is 22.5 Å². The van der Waals surface area contributed by atoms with E-state index in [1.807, 2.05) is 0 Å². The minimum atomic E-state index is 0.752. The Labute approximate surface area is 129 Å². The van der Waals surface area contributed by atoms with Crippen molar-refractivity contribution in [1.82, 2.24) is 20.2 Å². The van der Waals surface area contributed by atoms with Crippen LogP contribution < -0.4 is 22.5 Å². The largest absolute Gasteiger partial charge is 0.330 e. The Balaban J connectivity index is 2.28. The van der Waals surface area contributed by atoms with Gasteiger partial charge in [-0.3, -0.25) is 4.90 Å². The van der Waals surface area contributed by atoms with Gasteiger partial charge in [0.1, 0.15) is 0 Å². The second kappa shape index (κ2) is 12.3. The summed E-state index contributed by atoms with van der Waals surface area (Å²) in [5.41, 5.74) is 16.8. The first kappa shape index (κ1) is 18.8. The van der Waals surface area contributed by atoms with Crippen LogP contribution in [0.5, 0.6) is 0 Å². The molecular formula is C14H35N7. The zero-order chi connectivity index (χ0) is 15.3. The number of nitrogens with zero attached hydrogens (tertiary/aromatic N) is 3. The lowest BCUT2D eigenvalue weighted by Crippen LogP contribution is -2.55. The Morgan fingerprint density at radius 2 is 1.52 bits per heavy atom. The second-order valence-electron chi connectivity index (χ2n) is 5.57. The molecule has 1 aliphatic heterocycles. The van der Waals surface area contributed by atoms with Gasteiger partial charge in [0.25, 0.3) is 0 Å². The van der Waals surface area contributed by atoms with Crippen molar-refractivity contribution in [1.29, 1.82) is 0 Å². The van der Waals surface area contributed by atoms with Gasteiger partial charge in [-0.05, 0) is 32.5 Å². The quantitative estimate of drug-likeness (QED) is 0.311. The molecule has 0 bridgehead atoms. The van der Waals surface area contributed by atoms with Gasteiger partial charge in [-0.2, -0.15) is 0 Å². The minimum absolute atomic E-state index is 0.752. The fourth-order valence-electron chi connectivity index (χ4n) is 2.65. The summed E-state index contributed by atoms with van der Waals surface area (Å²) in [5.74, 6) is 0. The average molecular weight is 301 g/mol. The van der Waals surface area contributed by atoms with Gasteiger partial charge in [-0.15, -0.1) is 0 Å². The molecule has 7 N–H and O–H groups in total. The highest BCUT2D eigenvalue weighted by Crippen LogP contribution is 2.06. The van der Waals surface area contributed by atoms with Crippen LogP contribution in [0.3, 0.4) is 0 Å². The molecule has 0 saturated carbocycles. The highest BCUT2D eigenvalue weighted by molar-refractivity contribution is 4.72. The Morgan fingerprint density at radius 3 is 2.14 bits per heavy atom. The molecule has 1 fully saturated rings. The standard InChI is InChI=1S/C14H35N7/c15-3-1-6-18-7-10-20(8-2-4-16)21-13-11-19(9-5-17)12-14-21/h18H,1-17H2. The van der Waals surface area contributed by atoms with Crippen molar-refractivity contribution in [3.63, 3.8) is 0 Å². The molecule has 0 aromatic heterocycles. The number of hydrogen-bond donors (Lipinski definition) is 4. The molecule has 1 saturated heterocycles. The number of nitrogens with two attached hydrogens (primary N) is 3. The summed E-state index contributed by atoms with van der Waals surface area (Å²) in [4.78, 5) is 2.44. The SMILES string of the molecule is NCCCNCCN(CCCN)N1CCN(CCN)CC1. The Hall–Kier alpha value is -0.280. The van der Waals surface area contributed by atoms with E-state index in [9.17, 15) is 0 Å².